The van der Waals surface area contributed by atoms with Crippen molar-refractivity contribution in [3.05, 3.63) is 162 Å². The van der Waals surface area contributed by atoms with E-state index in [2.05, 4.69) is 41.5 Å². The van der Waals surface area contributed by atoms with Gasteiger partial charge in [0.25, 0.3) is 11.1 Å². The van der Waals surface area contributed by atoms with Crippen molar-refractivity contribution in [1.82, 2.24) is 27.4 Å². The molecule has 0 aliphatic heterocycles. The topological polar surface area (TPSA) is 138 Å². The van der Waals surface area contributed by atoms with Crippen LogP contribution in [0.3, 0.4) is 0 Å². The van der Waals surface area contributed by atoms with Crippen molar-refractivity contribution in [2.75, 3.05) is 24.7 Å². The van der Waals surface area contributed by atoms with E-state index in [9.17, 15) is 29.4 Å². The fourth-order valence-corrected chi connectivity index (χ4v) is 10.1. The van der Waals surface area contributed by atoms with Gasteiger partial charge in [0.1, 0.15) is 0 Å². The Kier molecular flexibility index (Phi) is 13.4. The molecule has 0 fully saturated rings. The van der Waals surface area contributed by atoms with Gasteiger partial charge in [0.2, 0.25) is 0 Å². The second kappa shape index (κ2) is 20.4. The molecule has 0 atom stereocenters. The Labute approximate surface area is 383 Å². The molecule has 12 nitrogen and oxygen atoms in total. The van der Waals surface area contributed by atoms with Crippen LogP contribution in [0.2, 0.25) is 0 Å². The SMILES string of the molecule is C=C(C)Cn1c(=O)n(C)c(=O)c2c(SCCCO)n(Cc3cccc4ccccc34)cc21.[3H]CC([3H])(C[3H])Cn1c(=O)n(C)c(=O)c2c(SCCCO)n(Cc3cccc4ccccc34)cc21. The Bertz CT molecular complexity index is 3340. The van der Waals surface area contributed by atoms with E-state index in [0.29, 0.717) is 70.8 Å². The average molecular weight is 907 g/mol. The minimum atomic E-state index is -1.46. The van der Waals surface area contributed by atoms with Gasteiger partial charge in [0, 0.05) is 81.5 Å². The minimum absolute atomic E-state index is 0.0338. The molecule has 0 aliphatic rings. The molecule has 8 rings (SSSR count). The van der Waals surface area contributed by atoms with Gasteiger partial charge in [-0.1, -0.05) is 111 Å². The summed E-state index contributed by atoms with van der Waals surface area (Å²) in [5.74, 6) is -0.195. The zero-order valence-corrected chi connectivity index (χ0v) is 38.1. The largest absolute Gasteiger partial charge is 0.396 e. The lowest BCUT2D eigenvalue weighted by Crippen LogP contribution is -2.38. The fraction of sp³-hybridized carbons (Fsp3) is 0.320. The molecule has 334 valence electrons. The summed E-state index contributed by atoms with van der Waals surface area (Å²) in [7, 11) is 2.93. The lowest BCUT2D eigenvalue weighted by Gasteiger charge is -2.12. The van der Waals surface area contributed by atoms with E-state index in [4.69, 9.17) is 4.11 Å². The molecule has 8 aromatic rings. The van der Waals surface area contributed by atoms with E-state index in [0.717, 1.165) is 47.8 Å². The number of allylic oxidation sites excluding steroid dienone is 1. The average Bonchev–Trinajstić information content (AvgIpc) is 3.88. The van der Waals surface area contributed by atoms with Crippen molar-refractivity contribution >= 4 is 66.9 Å². The molecule has 2 N–H and O–H groups in total. The van der Waals surface area contributed by atoms with E-state index in [1.165, 1.54) is 35.0 Å². The Balaban J connectivity index is 0.000000200. The zero-order valence-electron chi connectivity index (χ0n) is 39.5. The molecule has 0 aliphatic carbocycles. The number of aromatic nitrogens is 6. The third-order valence-electron chi connectivity index (χ3n) is 11.0. The number of hydrogen-bond donors (Lipinski definition) is 2. The number of aliphatic hydroxyl groups excluding tert-OH is 2. The Morgan fingerprint density at radius 2 is 1.11 bits per heavy atom. The number of rotatable bonds is 16. The van der Waals surface area contributed by atoms with E-state index < -0.39 is 17.1 Å². The van der Waals surface area contributed by atoms with Crippen LogP contribution >= 0.6 is 23.5 Å². The maximum absolute atomic E-state index is 13.3. The highest BCUT2D eigenvalue weighted by Crippen LogP contribution is 2.32. The molecule has 64 heavy (non-hydrogen) atoms. The van der Waals surface area contributed by atoms with Gasteiger partial charge in [-0.3, -0.25) is 27.9 Å². The van der Waals surface area contributed by atoms with Gasteiger partial charge in [-0.25, -0.2) is 9.59 Å². The second-order valence-corrected chi connectivity index (χ2v) is 18.1. The van der Waals surface area contributed by atoms with Gasteiger partial charge in [0.15, 0.2) is 0 Å². The van der Waals surface area contributed by atoms with Gasteiger partial charge in [-0.2, -0.15) is 0 Å². The first kappa shape index (κ1) is 42.2. The van der Waals surface area contributed by atoms with Crippen LogP contribution in [0.25, 0.3) is 43.4 Å². The predicted molar refractivity (Wildman–Crippen MR) is 263 cm³/mol. The molecule has 0 saturated heterocycles. The molecule has 4 heterocycles. The molecule has 4 aromatic heterocycles. The van der Waals surface area contributed by atoms with Crippen LogP contribution in [0.5, 0.6) is 0 Å². The maximum atomic E-state index is 13.3. The van der Waals surface area contributed by atoms with Gasteiger partial charge < -0.3 is 19.3 Å². The number of nitrogens with zero attached hydrogens (tertiary/aromatic N) is 6. The quantitative estimate of drug-likeness (QED) is 0.0575. The lowest BCUT2D eigenvalue weighted by molar-refractivity contribution is 0.296. The first-order chi connectivity index (χ1) is 32.2. The zero-order chi connectivity index (χ0) is 48.0. The Hall–Kier alpha value is -5.80. The third-order valence-corrected chi connectivity index (χ3v) is 13.4. The van der Waals surface area contributed by atoms with Crippen LogP contribution < -0.4 is 22.5 Å². The molecule has 0 bridgehead atoms. The normalized spacial score (nSPS) is 12.4. The summed E-state index contributed by atoms with van der Waals surface area (Å²) in [6, 6.07) is 28.6. The number of benzene rings is 4. The summed E-state index contributed by atoms with van der Waals surface area (Å²) >= 11 is 2.99. The van der Waals surface area contributed by atoms with Crippen molar-refractivity contribution in [1.29, 1.82) is 0 Å². The predicted octanol–water partition coefficient (Wildman–Crippen LogP) is 7.59. The van der Waals surface area contributed by atoms with Crippen LogP contribution in [0.15, 0.2) is 139 Å². The van der Waals surface area contributed by atoms with Crippen molar-refractivity contribution in [3.63, 3.8) is 0 Å². The summed E-state index contributed by atoms with van der Waals surface area (Å²) in [6.07, 6.45) is 4.86. The lowest BCUT2D eigenvalue weighted by atomic mass is 10.0. The van der Waals surface area contributed by atoms with Crippen LogP contribution in [0.1, 0.15) is 48.8 Å². The fourth-order valence-electron chi connectivity index (χ4n) is 7.98. The highest BCUT2D eigenvalue weighted by atomic mass is 32.2. The first-order valence-corrected chi connectivity index (χ1v) is 23.0. The number of aliphatic hydroxyl groups is 2. The Morgan fingerprint density at radius 3 is 1.56 bits per heavy atom. The molecule has 0 radical (unpaired) electrons. The summed E-state index contributed by atoms with van der Waals surface area (Å²) in [5, 5.41) is 25.5. The highest BCUT2D eigenvalue weighted by Gasteiger charge is 2.22. The van der Waals surface area contributed by atoms with Gasteiger partial charge in [-0.15, -0.1) is 23.5 Å². The van der Waals surface area contributed by atoms with Gasteiger partial charge >= 0.3 is 11.4 Å². The van der Waals surface area contributed by atoms with E-state index >= 15 is 0 Å². The van der Waals surface area contributed by atoms with Crippen LogP contribution in [0, 0.1) is 5.89 Å². The summed E-state index contributed by atoms with van der Waals surface area (Å²) in [4.78, 5) is 52.4. The minimum Gasteiger partial charge on any atom is -0.396 e. The van der Waals surface area contributed by atoms with Crippen molar-refractivity contribution < 1.29 is 14.3 Å². The number of fused-ring (bicyclic) bond motifs is 4. The molecule has 0 amide bonds. The Morgan fingerprint density at radius 1 is 0.672 bits per heavy atom. The van der Waals surface area contributed by atoms with Crippen molar-refractivity contribution in [3.8, 4) is 0 Å². The van der Waals surface area contributed by atoms with E-state index in [1.807, 2.05) is 72.3 Å². The van der Waals surface area contributed by atoms with Crippen molar-refractivity contribution in [2.24, 2.45) is 20.0 Å². The smallest absolute Gasteiger partial charge is 0.331 e. The maximum Gasteiger partial charge on any atom is 0.331 e. The van der Waals surface area contributed by atoms with E-state index in [-0.39, 0.29) is 44.8 Å². The molecule has 14 heteroatoms. The third kappa shape index (κ3) is 9.51. The van der Waals surface area contributed by atoms with Crippen molar-refractivity contribution in [2.45, 2.75) is 69.8 Å². The molecule has 0 unspecified atom stereocenters. The standard InChI is InChI=1S/C25H29N3O3S.C25H27N3O3S/c2*1-17(2)14-28-21-16-27(15-19-10-6-9-18-8-4-5-11-20(18)19)24(32-13-7-12-29)22(21)23(30)26(3)25(28)31/h4-6,8-11,16-17,29H,7,12-15H2,1-3H3;4-6,8-11,16,29H,1,7,12-15H2,2-3H3/i1T,2T,17T;. The highest BCUT2D eigenvalue weighted by molar-refractivity contribution is 7.99. The molecule has 0 saturated carbocycles. The van der Waals surface area contributed by atoms with Crippen LogP contribution in [-0.2, 0) is 40.3 Å². The summed E-state index contributed by atoms with van der Waals surface area (Å²) in [5.41, 5.74) is 2.43. The van der Waals surface area contributed by atoms with Gasteiger partial charge in [0.05, 0.1) is 31.9 Å². The van der Waals surface area contributed by atoms with Crippen LogP contribution in [-0.4, -0.2) is 62.3 Å². The second-order valence-electron chi connectivity index (χ2n) is 15.9. The summed E-state index contributed by atoms with van der Waals surface area (Å²) < 4.78 is 33.1. The molecular weight excluding hydrogens is 845 g/mol. The monoisotopic (exact) mass is 906 g/mol. The summed E-state index contributed by atoms with van der Waals surface area (Å²) in [6.45, 7) is 6.53. The first-order valence-electron chi connectivity index (χ1n) is 23.0. The molecular formula is C50H56N6O6S2. The van der Waals surface area contributed by atoms with E-state index in [1.54, 1.807) is 22.5 Å². The number of hydrogen-bond acceptors (Lipinski definition) is 8. The molecule has 4 aromatic carbocycles. The number of thioether (sulfide) groups is 2. The van der Waals surface area contributed by atoms with Crippen LogP contribution in [0.4, 0.5) is 0 Å². The van der Waals surface area contributed by atoms with Gasteiger partial charge in [-0.05, 0) is 58.3 Å². The molecule has 0 spiro atoms.